The molecule has 18 heteroatoms. The summed E-state index contributed by atoms with van der Waals surface area (Å²) in [5.74, 6) is -3.93. The number of hydrogen-bond acceptors (Lipinski definition) is 9. The van der Waals surface area contributed by atoms with E-state index >= 15 is 0 Å². The minimum absolute atomic E-state index is 0. The number of benzene rings is 4. The van der Waals surface area contributed by atoms with E-state index in [1.807, 2.05) is 18.2 Å². The number of aromatic carboxylic acids is 1. The van der Waals surface area contributed by atoms with Crippen molar-refractivity contribution in [3.63, 3.8) is 0 Å². The van der Waals surface area contributed by atoms with Gasteiger partial charge in [0.05, 0.1) is 22.1 Å². The molecule has 8 N–H and O–H groups in total. The molecule has 4 aromatic carbocycles. The molecular weight excluding hydrogens is 827 g/mol. The molecule has 0 unspecified atom stereocenters. The normalized spacial score (nSPS) is 15.9. The summed E-state index contributed by atoms with van der Waals surface area (Å²) in [7, 11) is -4.02. The minimum Gasteiger partial charge on any atom is -0.550 e. The molecule has 1 saturated carbocycles. The standard InChI is InChI=1S/C43H48N4O8S.2Na.3H2O/c1-2-47(35-21-17-32(18-22-35)43(52)53)56(54,55)37-8-6-7-33(27-37)40(48)45-39-24-23-36(46-25-4-3-5-26-46)28-38(39)41(49)44-34-19-13-30(14-20-34)10-9-29-11-15-31(16-12-29)42(50)51;;;;;/h6-8,11-16,19-20,23-24,27-28,32,35H,2-5,9-10,17-18,21-22,25-26H2,1H3,(H,44,49)(H,45,48)(H,50,51)(H,52,53);;;3*1H2/q;2*+1;;;/p-2. The number of rotatable bonds is 14. The van der Waals surface area contributed by atoms with Gasteiger partial charge in [-0.1, -0.05) is 49.4 Å². The summed E-state index contributed by atoms with van der Waals surface area (Å²) in [6.07, 6.45) is 6.09. The summed E-state index contributed by atoms with van der Waals surface area (Å²) in [5, 5.41) is 28.2. The fourth-order valence-electron chi connectivity index (χ4n) is 7.58. The average molecular weight is 879 g/mol. The van der Waals surface area contributed by atoms with Crippen LogP contribution in [0.5, 0.6) is 0 Å². The van der Waals surface area contributed by atoms with Crippen LogP contribution in [0.15, 0.2) is 95.9 Å². The molecule has 2 fully saturated rings. The molecule has 2 amide bonds. The Morgan fingerprint density at radius 2 is 1.30 bits per heavy atom. The molecule has 1 aliphatic heterocycles. The molecule has 0 atom stereocenters. The van der Waals surface area contributed by atoms with Crippen LogP contribution in [0.25, 0.3) is 0 Å². The molecule has 0 aromatic heterocycles. The van der Waals surface area contributed by atoms with Crippen molar-refractivity contribution >= 4 is 50.8 Å². The third-order valence-corrected chi connectivity index (χ3v) is 12.8. The monoisotopic (exact) mass is 878 g/mol. The third kappa shape index (κ3) is 14.2. The first-order valence-corrected chi connectivity index (χ1v) is 20.6. The number of piperidine rings is 1. The molecule has 318 valence electrons. The van der Waals surface area contributed by atoms with Crippen molar-refractivity contribution in [2.24, 2.45) is 5.92 Å². The number of amides is 2. The number of sulfonamides is 1. The van der Waals surface area contributed by atoms with E-state index in [1.165, 1.54) is 40.7 Å². The quantitative estimate of drug-likeness (QED) is 0.117. The smallest absolute Gasteiger partial charge is 0.550 e. The Bertz CT molecular complexity index is 2180. The Labute approximate surface area is 400 Å². The Morgan fingerprint density at radius 3 is 1.85 bits per heavy atom. The van der Waals surface area contributed by atoms with Gasteiger partial charge in [-0.25, -0.2) is 8.42 Å². The first kappa shape index (κ1) is 55.4. The van der Waals surface area contributed by atoms with Crippen LogP contribution in [0.4, 0.5) is 17.1 Å². The van der Waals surface area contributed by atoms with Gasteiger partial charge in [-0.15, -0.1) is 0 Å². The van der Waals surface area contributed by atoms with Gasteiger partial charge in [-0.05, 0) is 129 Å². The van der Waals surface area contributed by atoms with Gasteiger partial charge in [0.1, 0.15) is 0 Å². The van der Waals surface area contributed by atoms with Crippen LogP contribution in [-0.2, 0) is 27.7 Å². The fourth-order valence-corrected chi connectivity index (χ4v) is 9.32. The van der Waals surface area contributed by atoms with Crippen molar-refractivity contribution in [3.05, 3.63) is 119 Å². The number of carbonyl (C=O) groups excluding carboxylic acids is 4. The zero-order valence-corrected chi connectivity index (χ0v) is 39.7. The van der Waals surface area contributed by atoms with E-state index in [9.17, 15) is 37.8 Å². The van der Waals surface area contributed by atoms with Crippen LogP contribution < -0.4 is 84.9 Å². The Kier molecular flexibility index (Phi) is 23.1. The largest absolute Gasteiger partial charge is 1.00 e. The number of aliphatic carboxylic acids is 1. The van der Waals surface area contributed by atoms with Crippen molar-refractivity contribution in [1.29, 1.82) is 0 Å². The SMILES string of the molecule is CCN(C1CCC(C(=O)[O-])CC1)S(=O)(=O)c1cccc(C(=O)Nc2ccc(N3CCCCC3)cc2C(=O)Nc2ccc(CCc3ccc(C(=O)[O-])cc3)cc2)c1.O.O.O.[Na+].[Na+]. The maximum atomic E-state index is 13.9. The summed E-state index contributed by atoms with van der Waals surface area (Å²) < 4.78 is 29.1. The predicted molar refractivity (Wildman–Crippen MR) is 221 cm³/mol. The number of aryl methyl sites for hydroxylation is 2. The number of anilines is 3. The predicted octanol–water partition coefficient (Wildman–Crippen LogP) is -3.82. The van der Waals surface area contributed by atoms with Crippen LogP contribution in [0.3, 0.4) is 0 Å². The molecule has 15 nitrogen and oxygen atoms in total. The Balaban J connectivity index is 0.00000372. The zero-order valence-electron chi connectivity index (χ0n) is 34.9. The minimum atomic E-state index is -4.02. The number of carboxylic acid groups (broad SMARTS) is 2. The zero-order chi connectivity index (χ0) is 39.8. The number of nitrogens with zero attached hydrogens (tertiary/aromatic N) is 2. The van der Waals surface area contributed by atoms with Gasteiger partial charge in [-0.2, -0.15) is 4.31 Å². The topological polar surface area (TPSA) is 274 Å². The first-order valence-electron chi connectivity index (χ1n) is 19.2. The molecule has 0 bridgehead atoms. The molecule has 1 aliphatic carbocycles. The van der Waals surface area contributed by atoms with Crippen molar-refractivity contribution < 1.29 is 113 Å². The van der Waals surface area contributed by atoms with E-state index < -0.39 is 39.7 Å². The summed E-state index contributed by atoms with van der Waals surface area (Å²) in [6.45, 7) is 3.62. The van der Waals surface area contributed by atoms with Gasteiger partial charge in [0.25, 0.3) is 11.8 Å². The Hall–Kier alpha value is -3.65. The maximum Gasteiger partial charge on any atom is 1.00 e. The number of carbonyl (C=O) groups is 4. The number of carboxylic acids is 2. The van der Waals surface area contributed by atoms with Gasteiger partial charge in [-0.3, -0.25) is 9.59 Å². The third-order valence-electron chi connectivity index (χ3n) is 10.8. The van der Waals surface area contributed by atoms with Crippen molar-refractivity contribution in [1.82, 2.24) is 4.31 Å². The van der Waals surface area contributed by atoms with Gasteiger partial charge in [0.15, 0.2) is 0 Å². The van der Waals surface area contributed by atoms with Gasteiger partial charge < -0.3 is 51.8 Å². The second kappa shape index (κ2) is 25.5. The van der Waals surface area contributed by atoms with Crippen LogP contribution in [0, 0.1) is 5.92 Å². The molecule has 4 aromatic rings. The summed E-state index contributed by atoms with van der Waals surface area (Å²) in [4.78, 5) is 52.2. The Morgan fingerprint density at radius 1 is 0.705 bits per heavy atom. The van der Waals surface area contributed by atoms with Crippen LogP contribution >= 0.6 is 0 Å². The van der Waals surface area contributed by atoms with E-state index in [2.05, 4.69) is 15.5 Å². The fraction of sp³-hybridized carbons (Fsp3) is 0.349. The molecule has 1 heterocycles. The van der Waals surface area contributed by atoms with Gasteiger partial charge in [0.2, 0.25) is 10.0 Å². The van der Waals surface area contributed by atoms with E-state index in [-0.39, 0.29) is 115 Å². The number of hydrogen-bond donors (Lipinski definition) is 2. The molecule has 61 heavy (non-hydrogen) atoms. The summed E-state index contributed by atoms with van der Waals surface area (Å²) in [5.41, 5.74) is 4.18. The number of nitrogens with one attached hydrogen (secondary N) is 2. The molecule has 0 radical (unpaired) electrons. The molecular formula is C43H52N4Na2O11S. The summed E-state index contributed by atoms with van der Waals surface area (Å²) in [6, 6.07) is 24.8. The summed E-state index contributed by atoms with van der Waals surface area (Å²) >= 11 is 0. The van der Waals surface area contributed by atoms with E-state index in [4.69, 9.17) is 0 Å². The molecule has 0 spiro atoms. The average Bonchev–Trinajstić information content (AvgIpc) is 3.21. The van der Waals surface area contributed by atoms with Crippen LogP contribution in [0.2, 0.25) is 0 Å². The molecule has 1 saturated heterocycles. The van der Waals surface area contributed by atoms with Crippen LogP contribution in [-0.4, -0.2) is 78.6 Å². The van der Waals surface area contributed by atoms with Gasteiger partial charge >= 0.3 is 59.1 Å². The first-order chi connectivity index (χ1) is 26.9. The van der Waals surface area contributed by atoms with E-state index in [0.29, 0.717) is 44.2 Å². The van der Waals surface area contributed by atoms with E-state index in [1.54, 1.807) is 43.3 Å². The van der Waals surface area contributed by atoms with Gasteiger partial charge in [0, 0.05) is 48.6 Å². The van der Waals surface area contributed by atoms with E-state index in [0.717, 1.165) is 49.2 Å². The van der Waals surface area contributed by atoms with Crippen molar-refractivity contribution in [2.45, 2.75) is 75.6 Å². The molecule has 2 aliphatic rings. The van der Waals surface area contributed by atoms with Crippen LogP contribution in [0.1, 0.15) is 94.1 Å². The van der Waals surface area contributed by atoms with Crippen molar-refractivity contribution in [2.75, 3.05) is 35.2 Å². The second-order valence-corrected chi connectivity index (χ2v) is 16.3. The molecule has 6 rings (SSSR count). The maximum absolute atomic E-state index is 13.9. The second-order valence-electron chi connectivity index (χ2n) is 14.4. The van der Waals surface area contributed by atoms with Crippen molar-refractivity contribution in [3.8, 4) is 0 Å².